The minimum Gasteiger partial charge on any atom is -0.381 e. The van der Waals surface area contributed by atoms with Crippen molar-refractivity contribution in [2.24, 2.45) is 5.92 Å². The number of hydrogen-bond acceptors (Lipinski definition) is 4. The van der Waals surface area contributed by atoms with Crippen LogP contribution in [0.4, 0.5) is 0 Å². The van der Waals surface area contributed by atoms with Crippen molar-refractivity contribution >= 4 is 5.91 Å². The van der Waals surface area contributed by atoms with E-state index in [1.54, 1.807) is 6.20 Å². The molecule has 2 aliphatic rings. The zero-order valence-corrected chi connectivity index (χ0v) is 12.4. The van der Waals surface area contributed by atoms with E-state index in [1.165, 1.54) is 12.1 Å². The topological polar surface area (TPSA) is 70.2 Å². The third-order valence-corrected chi connectivity index (χ3v) is 4.45. The molecule has 0 bridgehead atoms. The minimum atomic E-state index is 0.132. The number of ether oxygens (including phenoxy) is 1. The molecule has 2 N–H and O–H groups in total. The molecule has 2 fully saturated rings. The lowest BCUT2D eigenvalue weighted by Gasteiger charge is -2.31. The maximum atomic E-state index is 12.0. The monoisotopic (exact) mass is 292 g/mol. The number of hydrogen-bond donors (Lipinski definition) is 2. The average molecular weight is 292 g/mol. The summed E-state index contributed by atoms with van der Waals surface area (Å²) in [4.78, 5) is 14.3. The van der Waals surface area contributed by atoms with Gasteiger partial charge in [-0.25, -0.2) is 0 Å². The summed E-state index contributed by atoms with van der Waals surface area (Å²) in [6, 6.07) is 2.04. The van der Waals surface area contributed by atoms with Crippen molar-refractivity contribution in [2.45, 2.75) is 25.2 Å². The highest BCUT2D eigenvalue weighted by atomic mass is 16.5. The van der Waals surface area contributed by atoms with Crippen LogP contribution in [0.1, 0.15) is 30.9 Å². The van der Waals surface area contributed by atoms with Gasteiger partial charge in [-0.05, 0) is 31.9 Å². The quantitative estimate of drug-likeness (QED) is 0.840. The van der Waals surface area contributed by atoms with Crippen LogP contribution in [0.25, 0.3) is 0 Å². The first-order valence-electron chi connectivity index (χ1n) is 7.87. The van der Waals surface area contributed by atoms with E-state index in [-0.39, 0.29) is 5.91 Å². The van der Waals surface area contributed by atoms with Crippen LogP contribution in [-0.2, 0) is 9.53 Å². The maximum absolute atomic E-state index is 12.0. The largest absolute Gasteiger partial charge is 0.381 e. The number of piperidine rings is 1. The van der Waals surface area contributed by atoms with Crippen LogP contribution in [0.2, 0.25) is 0 Å². The van der Waals surface area contributed by atoms with E-state index in [9.17, 15) is 4.79 Å². The second-order valence-corrected chi connectivity index (χ2v) is 6.12. The summed E-state index contributed by atoms with van der Waals surface area (Å²) in [6.07, 6.45) is 5.16. The number of carbonyl (C=O) groups is 1. The van der Waals surface area contributed by atoms with E-state index in [1.807, 2.05) is 6.07 Å². The van der Waals surface area contributed by atoms with Gasteiger partial charge in [-0.1, -0.05) is 0 Å². The molecule has 2 saturated heterocycles. The van der Waals surface area contributed by atoms with Gasteiger partial charge in [-0.3, -0.25) is 14.8 Å². The van der Waals surface area contributed by atoms with Crippen LogP contribution in [0.3, 0.4) is 0 Å². The lowest BCUT2D eigenvalue weighted by Crippen LogP contribution is -2.43. The Balaban J connectivity index is 1.42. The van der Waals surface area contributed by atoms with Crippen LogP contribution in [0.15, 0.2) is 12.3 Å². The Labute approximate surface area is 125 Å². The fourth-order valence-corrected chi connectivity index (χ4v) is 3.21. The highest BCUT2D eigenvalue weighted by Crippen LogP contribution is 2.24. The number of nitrogens with one attached hydrogen (secondary N) is 2. The van der Waals surface area contributed by atoms with Gasteiger partial charge in [0.25, 0.3) is 0 Å². The summed E-state index contributed by atoms with van der Waals surface area (Å²) in [5.74, 6) is 1.09. The van der Waals surface area contributed by atoms with Crippen molar-refractivity contribution in [1.29, 1.82) is 0 Å². The zero-order valence-electron chi connectivity index (χ0n) is 12.4. The molecule has 3 rings (SSSR count). The molecule has 2 aliphatic heterocycles. The number of aromatic nitrogens is 2. The predicted octanol–water partition coefficient (Wildman–Crippen LogP) is 0.742. The van der Waals surface area contributed by atoms with Crippen molar-refractivity contribution in [3.63, 3.8) is 0 Å². The molecule has 6 nitrogen and oxygen atoms in total. The summed E-state index contributed by atoms with van der Waals surface area (Å²) < 4.78 is 5.32. The molecule has 1 aromatic heterocycles. The fraction of sp³-hybridized carbons (Fsp3) is 0.733. The SMILES string of the molecule is O=C(CN1CCCC(c2ccn[nH]2)C1)NCC1CCOC1. The van der Waals surface area contributed by atoms with E-state index in [2.05, 4.69) is 20.4 Å². The standard InChI is InChI=1S/C15H24N4O2/c20-15(16-8-12-4-7-21-11-12)10-19-6-1-2-13(9-19)14-3-5-17-18-14/h3,5,12-13H,1-2,4,6-11H2,(H,16,20)(H,17,18). The van der Waals surface area contributed by atoms with Crippen LogP contribution in [0.5, 0.6) is 0 Å². The number of amides is 1. The number of aromatic amines is 1. The number of rotatable bonds is 5. The molecule has 0 aliphatic carbocycles. The van der Waals surface area contributed by atoms with Crippen LogP contribution >= 0.6 is 0 Å². The van der Waals surface area contributed by atoms with Crippen molar-refractivity contribution in [3.05, 3.63) is 18.0 Å². The molecule has 0 aromatic carbocycles. The molecule has 21 heavy (non-hydrogen) atoms. The zero-order chi connectivity index (χ0) is 14.5. The van der Waals surface area contributed by atoms with E-state index in [0.29, 0.717) is 18.4 Å². The minimum absolute atomic E-state index is 0.132. The first-order valence-corrected chi connectivity index (χ1v) is 7.87. The predicted molar refractivity (Wildman–Crippen MR) is 78.9 cm³/mol. The molecule has 6 heteroatoms. The van der Waals surface area contributed by atoms with Gasteiger partial charge in [0.05, 0.1) is 13.2 Å². The molecule has 0 spiro atoms. The molecule has 0 saturated carbocycles. The van der Waals surface area contributed by atoms with Crippen molar-refractivity contribution in [1.82, 2.24) is 20.4 Å². The summed E-state index contributed by atoms with van der Waals surface area (Å²) >= 11 is 0. The normalized spacial score (nSPS) is 26.9. The molecular formula is C15H24N4O2. The van der Waals surface area contributed by atoms with Crippen molar-refractivity contribution in [2.75, 3.05) is 39.4 Å². The maximum Gasteiger partial charge on any atom is 0.234 e. The second kappa shape index (κ2) is 7.04. The van der Waals surface area contributed by atoms with Gasteiger partial charge in [0.15, 0.2) is 0 Å². The summed E-state index contributed by atoms with van der Waals surface area (Å²) in [6.45, 7) is 4.80. The molecule has 1 aromatic rings. The molecule has 0 radical (unpaired) electrons. The molecule has 3 heterocycles. The first kappa shape index (κ1) is 14.5. The average Bonchev–Trinajstić information content (AvgIpc) is 3.19. The van der Waals surface area contributed by atoms with Gasteiger partial charge in [0, 0.05) is 43.4 Å². The highest BCUT2D eigenvalue weighted by Gasteiger charge is 2.24. The Bertz CT molecular complexity index is 443. The number of carbonyl (C=O) groups excluding carboxylic acids is 1. The Kier molecular flexibility index (Phi) is 4.87. The Morgan fingerprint density at radius 2 is 2.48 bits per heavy atom. The number of likely N-dealkylation sites (tertiary alicyclic amines) is 1. The summed E-state index contributed by atoms with van der Waals surface area (Å²) in [5.41, 5.74) is 1.18. The van der Waals surface area contributed by atoms with Crippen LogP contribution in [0, 0.1) is 5.92 Å². The van der Waals surface area contributed by atoms with Gasteiger partial charge < -0.3 is 10.1 Å². The van der Waals surface area contributed by atoms with Gasteiger partial charge in [-0.15, -0.1) is 0 Å². The number of nitrogens with zero attached hydrogens (tertiary/aromatic N) is 2. The smallest absolute Gasteiger partial charge is 0.234 e. The second-order valence-electron chi connectivity index (χ2n) is 6.12. The summed E-state index contributed by atoms with van der Waals surface area (Å²) in [5, 5.41) is 10.1. The molecule has 1 amide bonds. The Morgan fingerprint density at radius 1 is 1.52 bits per heavy atom. The van der Waals surface area contributed by atoms with Gasteiger partial charge in [0.2, 0.25) is 5.91 Å². The van der Waals surface area contributed by atoms with E-state index in [0.717, 1.165) is 45.7 Å². The van der Waals surface area contributed by atoms with E-state index < -0.39 is 0 Å². The van der Waals surface area contributed by atoms with E-state index >= 15 is 0 Å². The first-order chi connectivity index (χ1) is 10.3. The third-order valence-electron chi connectivity index (χ3n) is 4.45. The van der Waals surface area contributed by atoms with Crippen LogP contribution in [-0.4, -0.2) is 60.4 Å². The molecular weight excluding hydrogens is 268 g/mol. The molecule has 2 unspecified atom stereocenters. The summed E-state index contributed by atoms with van der Waals surface area (Å²) in [7, 11) is 0. The number of H-pyrrole nitrogens is 1. The lowest BCUT2D eigenvalue weighted by molar-refractivity contribution is -0.122. The molecule has 116 valence electrons. The van der Waals surface area contributed by atoms with Gasteiger partial charge >= 0.3 is 0 Å². The van der Waals surface area contributed by atoms with Crippen LogP contribution < -0.4 is 5.32 Å². The Morgan fingerprint density at radius 3 is 3.24 bits per heavy atom. The van der Waals surface area contributed by atoms with Crippen molar-refractivity contribution < 1.29 is 9.53 Å². The molecule has 2 atom stereocenters. The Hall–Kier alpha value is -1.40. The lowest BCUT2D eigenvalue weighted by atomic mass is 9.95. The van der Waals surface area contributed by atoms with Gasteiger partial charge in [-0.2, -0.15) is 5.10 Å². The third kappa shape index (κ3) is 4.04. The highest BCUT2D eigenvalue weighted by molar-refractivity contribution is 5.78. The van der Waals surface area contributed by atoms with Crippen molar-refractivity contribution in [3.8, 4) is 0 Å². The fourth-order valence-electron chi connectivity index (χ4n) is 3.21. The van der Waals surface area contributed by atoms with E-state index in [4.69, 9.17) is 4.74 Å². The van der Waals surface area contributed by atoms with Gasteiger partial charge in [0.1, 0.15) is 0 Å².